The van der Waals surface area contributed by atoms with E-state index in [0.29, 0.717) is 6.54 Å². The normalized spacial score (nSPS) is 12.1. The Balaban J connectivity index is 1.66. The molecule has 1 atom stereocenters. The standard InChI is InChI=1S/C21H22N2OS/c1-16(19-13-8-14-25-19)23-20(24)15-22-21(17-9-4-2-5-10-17)18-11-6-3-7-12-18/h2-14,16,21-22H,15H2,1H3,(H,23,24)/p+1/t16-/m0/s1. The molecule has 0 fully saturated rings. The fourth-order valence-corrected chi connectivity index (χ4v) is 3.65. The predicted molar refractivity (Wildman–Crippen MR) is 102 cm³/mol. The number of hydrogen-bond donors (Lipinski definition) is 2. The largest absolute Gasteiger partial charge is 0.344 e. The zero-order valence-electron chi connectivity index (χ0n) is 14.3. The molecule has 0 aliphatic carbocycles. The van der Waals surface area contributed by atoms with Crippen LogP contribution in [0.3, 0.4) is 0 Å². The second-order valence-corrected chi connectivity index (χ2v) is 7.02. The third-order valence-corrected chi connectivity index (χ3v) is 5.26. The van der Waals surface area contributed by atoms with Gasteiger partial charge in [-0.25, -0.2) is 0 Å². The van der Waals surface area contributed by atoms with Crippen molar-refractivity contribution in [3.63, 3.8) is 0 Å². The highest BCUT2D eigenvalue weighted by Gasteiger charge is 2.19. The zero-order chi connectivity index (χ0) is 17.5. The van der Waals surface area contributed by atoms with Crippen LogP contribution in [-0.4, -0.2) is 12.5 Å². The summed E-state index contributed by atoms with van der Waals surface area (Å²) in [6.45, 7) is 2.42. The highest BCUT2D eigenvalue weighted by Crippen LogP contribution is 2.19. The Hall–Kier alpha value is -2.43. The van der Waals surface area contributed by atoms with E-state index in [1.165, 1.54) is 16.0 Å². The quantitative estimate of drug-likeness (QED) is 0.674. The number of carbonyl (C=O) groups excluding carboxylic acids is 1. The molecule has 3 rings (SSSR count). The molecule has 1 amide bonds. The number of amides is 1. The van der Waals surface area contributed by atoms with E-state index in [1.54, 1.807) is 11.3 Å². The summed E-state index contributed by atoms with van der Waals surface area (Å²) >= 11 is 1.67. The number of nitrogens with one attached hydrogen (secondary N) is 1. The molecule has 0 aliphatic heterocycles. The van der Waals surface area contributed by atoms with Gasteiger partial charge in [0, 0.05) is 16.0 Å². The topological polar surface area (TPSA) is 45.7 Å². The lowest BCUT2D eigenvalue weighted by Gasteiger charge is -2.17. The van der Waals surface area contributed by atoms with Crippen LogP contribution < -0.4 is 10.6 Å². The van der Waals surface area contributed by atoms with Gasteiger partial charge in [0.05, 0.1) is 6.04 Å². The number of thiophene rings is 1. The van der Waals surface area contributed by atoms with Gasteiger partial charge in [-0.1, -0.05) is 66.7 Å². The average molecular weight is 351 g/mol. The summed E-state index contributed by atoms with van der Waals surface area (Å²) in [6, 6.07) is 24.9. The molecule has 4 heteroatoms. The summed E-state index contributed by atoms with van der Waals surface area (Å²) in [5.74, 6) is 0.0535. The summed E-state index contributed by atoms with van der Waals surface area (Å²) < 4.78 is 0. The lowest BCUT2D eigenvalue weighted by atomic mass is 9.99. The van der Waals surface area contributed by atoms with E-state index in [0.717, 1.165) is 0 Å². The molecule has 2 aromatic carbocycles. The van der Waals surface area contributed by atoms with Crippen molar-refractivity contribution in [3.8, 4) is 0 Å². The molecule has 0 unspecified atom stereocenters. The molecule has 0 spiro atoms. The smallest absolute Gasteiger partial charge is 0.275 e. The van der Waals surface area contributed by atoms with Gasteiger partial charge in [-0.15, -0.1) is 11.3 Å². The van der Waals surface area contributed by atoms with Crippen LogP contribution in [0.25, 0.3) is 0 Å². The van der Waals surface area contributed by atoms with Crippen LogP contribution in [-0.2, 0) is 4.79 Å². The van der Waals surface area contributed by atoms with Crippen molar-refractivity contribution in [2.24, 2.45) is 0 Å². The molecule has 3 aromatic rings. The number of quaternary nitrogens is 1. The fraction of sp³-hybridized carbons (Fsp3) is 0.190. The Morgan fingerprint density at radius 3 is 2.08 bits per heavy atom. The van der Waals surface area contributed by atoms with E-state index in [-0.39, 0.29) is 18.0 Å². The summed E-state index contributed by atoms with van der Waals surface area (Å²) in [5.41, 5.74) is 2.40. The minimum Gasteiger partial charge on any atom is -0.344 e. The second-order valence-electron chi connectivity index (χ2n) is 6.04. The summed E-state index contributed by atoms with van der Waals surface area (Å²) in [7, 11) is 0. The first kappa shape index (κ1) is 17.4. The molecular formula is C21H23N2OS+. The lowest BCUT2D eigenvalue weighted by Crippen LogP contribution is -2.87. The maximum absolute atomic E-state index is 12.4. The first-order valence-electron chi connectivity index (χ1n) is 8.50. The van der Waals surface area contributed by atoms with Gasteiger partial charge >= 0.3 is 0 Å². The van der Waals surface area contributed by atoms with Crippen LogP contribution in [0.5, 0.6) is 0 Å². The molecule has 1 heterocycles. The molecular weight excluding hydrogens is 328 g/mol. The third-order valence-electron chi connectivity index (χ3n) is 4.20. The molecule has 0 aliphatic rings. The van der Waals surface area contributed by atoms with E-state index in [9.17, 15) is 4.79 Å². The Labute approximate surface area is 152 Å². The monoisotopic (exact) mass is 351 g/mol. The molecule has 3 nitrogen and oxygen atoms in total. The van der Waals surface area contributed by atoms with E-state index in [1.807, 2.05) is 54.8 Å². The van der Waals surface area contributed by atoms with Gasteiger partial charge in [-0.2, -0.15) is 0 Å². The van der Waals surface area contributed by atoms with Crippen LogP contribution in [0.2, 0.25) is 0 Å². The number of benzene rings is 2. The van der Waals surface area contributed by atoms with Crippen LogP contribution in [0, 0.1) is 0 Å². The van der Waals surface area contributed by atoms with Crippen molar-refractivity contribution in [2.45, 2.75) is 19.0 Å². The average Bonchev–Trinajstić information content (AvgIpc) is 3.18. The highest BCUT2D eigenvalue weighted by molar-refractivity contribution is 7.10. The molecule has 25 heavy (non-hydrogen) atoms. The van der Waals surface area contributed by atoms with Gasteiger partial charge in [0.2, 0.25) is 0 Å². The number of nitrogens with two attached hydrogens (primary N) is 1. The van der Waals surface area contributed by atoms with Gasteiger partial charge in [0.1, 0.15) is 6.04 Å². The van der Waals surface area contributed by atoms with E-state index < -0.39 is 0 Å². The molecule has 1 aromatic heterocycles. The van der Waals surface area contributed by atoms with Crippen LogP contribution in [0.1, 0.15) is 35.0 Å². The molecule has 128 valence electrons. The Bertz CT molecular complexity index is 733. The molecule has 0 bridgehead atoms. The van der Waals surface area contributed by atoms with Gasteiger partial charge in [-0.05, 0) is 18.4 Å². The Kier molecular flexibility index (Phi) is 5.99. The van der Waals surface area contributed by atoms with E-state index in [2.05, 4.69) is 41.0 Å². The zero-order valence-corrected chi connectivity index (χ0v) is 15.1. The van der Waals surface area contributed by atoms with Gasteiger partial charge in [0.15, 0.2) is 6.54 Å². The molecule has 0 radical (unpaired) electrons. The van der Waals surface area contributed by atoms with Gasteiger partial charge < -0.3 is 10.6 Å². The molecule has 0 saturated heterocycles. The minimum absolute atomic E-state index is 0.0489. The SMILES string of the molecule is C[C@H](NC(=O)C[NH2+]C(c1ccccc1)c1ccccc1)c1cccs1. The van der Waals surface area contributed by atoms with Gasteiger partial charge in [0.25, 0.3) is 5.91 Å². The van der Waals surface area contributed by atoms with Crippen molar-refractivity contribution < 1.29 is 10.1 Å². The third kappa shape index (κ3) is 4.78. The Morgan fingerprint density at radius 1 is 0.960 bits per heavy atom. The van der Waals surface area contributed by atoms with Gasteiger partial charge in [-0.3, -0.25) is 4.79 Å². The van der Waals surface area contributed by atoms with Crippen LogP contribution in [0.15, 0.2) is 78.2 Å². The van der Waals surface area contributed by atoms with Crippen molar-refractivity contribution in [1.82, 2.24) is 5.32 Å². The molecule has 3 N–H and O–H groups in total. The first-order valence-corrected chi connectivity index (χ1v) is 9.38. The minimum atomic E-state index is 0.0489. The van der Waals surface area contributed by atoms with Crippen molar-refractivity contribution in [1.29, 1.82) is 0 Å². The highest BCUT2D eigenvalue weighted by atomic mass is 32.1. The number of carbonyl (C=O) groups is 1. The lowest BCUT2D eigenvalue weighted by molar-refractivity contribution is -0.676. The number of hydrogen-bond acceptors (Lipinski definition) is 2. The number of rotatable bonds is 7. The summed E-state index contributed by atoms with van der Waals surface area (Å²) in [6.07, 6.45) is 0. The summed E-state index contributed by atoms with van der Waals surface area (Å²) in [5, 5.41) is 7.21. The van der Waals surface area contributed by atoms with Crippen LogP contribution in [0.4, 0.5) is 0 Å². The van der Waals surface area contributed by atoms with Crippen molar-refractivity contribution in [2.75, 3.05) is 6.54 Å². The van der Waals surface area contributed by atoms with Crippen molar-refractivity contribution in [3.05, 3.63) is 94.2 Å². The Morgan fingerprint density at radius 2 is 1.56 bits per heavy atom. The fourth-order valence-electron chi connectivity index (χ4n) is 2.92. The summed E-state index contributed by atoms with van der Waals surface area (Å²) in [4.78, 5) is 13.6. The van der Waals surface area contributed by atoms with Crippen molar-refractivity contribution >= 4 is 17.2 Å². The maximum atomic E-state index is 12.4. The predicted octanol–water partition coefficient (Wildman–Crippen LogP) is 3.28. The maximum Gasteiger partial charge on any atom is 0.275 e. The van der Waals surface area contributed by atoms with Crippen LogP contribution >= 0.6 is 11.3 Å². The second kappa shape index (κ2) is 8.60. The molecule has 0 saturated carbocycles. The van der Waals surface area contributed by atoms with E-state index >= 15 is 0 Å². The van der Waals surface area contributed by atoms with E-state index in [4.69, 9.17) is 0 Å². The first-order chi connectivity index (χ1) is 12.2.